The highest BCUT2D eigenvalue weighted by atomic mass is 19.4. The number of benzene rings is 1. The van der Waals surface area contributed by atoms with E-state index in [4.69, 9.17) is 0 Å². The highest BCUT2D eigenvalue weighted by Gasteiger charge is 2.32. The number of nitrogens with one attached hydrogen (secondary N) is 1. The van der Waals surface area contributed by atoms with Crippen molar-refractivity contribution in [3.05, 3.63) is 29.8 Å². The van der Waals surface area contributed by atoms with Crippen LogP contribution in [0.15, 0.2) is 24.3 Å². The van der Waals surface area contributed by atoms with Crippen LogP contribution in [0.4, 0.5) is 13.2 Å². The summed E-state index contributed by atoms with van der Waals surface area (Å²) in [7, 11) is 0. The molecule has 1 aromatic carbocycles. The predicted octanol–water partition coefficient (Wildman–Crippen LogP) is 2.80. The fourth-order valence-corrected chi connectivity index (χ4v) is 2.59. The van der Waals surface area contributed by atoms with Crippen LogP contribution in [0.25, 0.3) is 0 Å². The van der Waals surface area contributed by atoms with Gasteiger partial charge in [-0.25, -0.2) is 0 Å². The number of carbonyl (C=O) groups excluding carboxylic acids is 1. The van der Waals surface area contributed by atoms with Crippen molar-refractivity contribution < 1.29 is 22.7 Å². The summed E-state index contributed by atoms with van der Waals surface area (Å²) in [5.74, 6) is -0.637. The Labute approximate surface area is 127 Å². The van der Waals surface area contributed by atoms with Gasteiger partial charge in [0.1, 0.15) is 5.75 Å². The Hall–Kier alpha value is -1.76. The largest absolute Gasteiger partial charge is 0.573 e. The van der Waals surface area contributed by atoms with Gasteiger partial charge < -0.3 is 15.0 Å². The lowest BCUT2D eigenvalue weighted by molar-refractivity contribution is -0.274. The molecule has 7 heteroatoms. The molecule has 122 valence electrons. The SMILES string of the molecule is CCCN(C(=O)c1cccc(OC(F)(F)F)c1)C1CCNC1. The molecule has 4 nitrogen and oxygen atoms in total. The third kappa shape index (κ3) is 4.37. The molecule has 0 aliphatic carbocycles. The van der Waals surface area contributed by atoms with Crippen molar-refractivity contribution in [2.24, 2.45) is 0 Å². The zero-order chi connectivity index (χ0) is 16.2. The van der Waals surface area contributed by atoms with Crippen molar-refractivity contribution in [2.75, 3.05) is 19.6 Å². The third-order valence-corrected chi connectivity index (χ3v) is 3.52. The Morgan fingerprint density at radius 1 is 1.45 bits per heavy atom. The average molecular weight is 316 g/mol. The average Bonchev–Trinajstić information content (AvgIpc) is 2.96. The topological polar surface area (TPSA) is 41.6 Å². The van der Waals surface area contributed by atoms with Crippen molar-refractivity contribution in [1.82, 2.24) is 10.2 Å². The molecule has 1 aliphatic heterocycles. The molecule has 0 spiro atoms. The number of hydrogen-bond acceptors (Lipinski definition) is 3. The van der Waals surface area contributed by atoms with E-state index >= 15 is 0 Å². The second-order valence-corrected chi connectivity index (χ2v) is 5.22. The van der Waals surface area contributed by atoms with Gasteiger partial charge in [0.25, 0.3) is 5.91 Å². The van der Waals surface area contributed by atoms with E-state index in [2.05, 4.69) is 10.1 Å². The van der Waals surface area contributed by atoms with E-state index in [-0.39, 0.29) is 23.3 Å². The molecule has 1 fully saturated rings. The second-order valence-electron chi connectivity index (χ2n) is 5.22. The molecule has 1 unspecified atom stereocenters. The smallest absolute Gasteiger partial charge is 0.406 e. The molecule has 1 atom stereocenters. The molecule has 0 saturated carbocycles. The van der Waals surface area contributed by atoms with E-state index in [1.165, 1.54) is 18.2 Å². The minimum absolute atomic E-state index is 0.0830. The summed E-state index contributed by atoms with van der Waals surface area (Å²) in [4.78, 5) is 14.3. The van der Waals surface area contributed by atoms with Gasteiger partial charge >= 0.3 is 6.36 Å². The monoisotopic (exact) mass is 316 g/mol. The molecule has 1 aliphatic rings. The number of rotatable bonds is 5. The summed E-state index contributed by atoms with van der Waals surface area (Å²) in [6.07, 6.45) is -3.12. The van der Waals surface area contributed by atoms with Gasteiger partial charge in [-0.3, -0.25) is 4.79 Å². The number of carbonyl (C=O) groups is 1. The van der Waals surface area contributed by atoms with E-state index < -0.39 is 6.36 Å². The first-order valence-electron chi connectivity index (χ1n) is 7.28. The van der Waals surface area contributed by atoms with Crippen molar-refractivity contribution in [3.8, 4) is 5.75 Å². The Morgan fingerprint density at radius 2 is 2.23 bits per heavy atom. The molecule has 2 rings (SSSR count). The first-order valence-corrected chi connectivity index (χ1v) is 7.28. The number of ether oxygens (including phenoxy) is 1. The third-order valence-electron chi connectivity index (χ3n) is 3.52. The summed E-state index contributed by atoms with van der Waals surface area (Å²) in [5, 5.41) is 3.19. The van der Waals surface area contributed by atoms with Crippen molar-refractivity contribution in [2.45, 2.75) is 32.2 Å². The highest BCUT2D eigenvalue weighted by Crippen LogP contribution is 2.24. The van der Waals surface area contributed by atoms with E-state index in [9.17, 15) is 18.0 Å². The number of halogens is 3. The minimum atomic E-state index is -4.76. The number of hydrogen-bond donors (Lipinski definition) is 1. The van der Waals surface area contributed by atoms with Gasteiger partial charge in [0.05, 0.1) is 0 Å². The summed E-state index contributed by atoms with van der Waals surface area (Å²) in [6.45, 7) is 4.10. The zero-order valence-corrected chi connectivity index (χ0v) is 12.3. The summed E-state index contributed by atoms with van der Waals surface area (Å²) in [5.41, 5.74) is 0.210. The summed E-state index contributed by atoms with van der Waals surface area (Å²) in [6, 6.07) is 5.31. The fraction of sp³-hybridized carbons (Fsp3) is 0.533. The van der Waals surface area contributed by atoms with Gasteiger partial charge in [0, 0.05) is 24.7 Å². The van der Waals surface area contributed by atoms with Gasteiger partial charge in [0.15, 0.2) is 0 Å². The molecular weight excluding hydrogens is 297 g/mol. The lowest BCUT2D eigenvalue weighted by Crippen LogP contribution is -2.42. The minimum Gasteiger partial charge on any atom is -0.406 e. The Bertz CT molecular complexity index is 514. The molecular formula is C15H19F3N2O2. The van der Waals surface area contributed by atoms with Crippen LogP contribution in [-0.4, -0.2) is 42.8 Å². The lowest BCUT2D eigenvalue weighted by atomic mass is 10.1. The van der Waals surface area contributed by atoms with E-state index in [0.717, 1.165) is 25.5 Å². The molecule has 1 saturated heterocycles. The van der Waals surface area contributed by atoms with Gasteiger partial charge in [-0.05, 0) is 37.6 Å². The van der Waals surface area contributed by atoms with Crippen LogP contribution in [0.1, 0.15) is 30.1 Å². The number of nitrogens with zero attached hydrogens (tertiary/aromatic N) is 1. The molecule has 0 bridgehead atoms. The molecule has 1 aromatic rings. The quantitative estimate of drug-likeness (QED) is 0.908. The maximum absolute atomic E-state index is 12.6. The van der Waals surface area contributed by atoms with Crippen LogP contribution in [0.2, 0.25) is 0 Å². The van der Waals surface area contributed by atoms with Crippen LogP contribution in [-0.2, 0) is 0 Å². The first-order chi connectivity index (χ1) is 10.4. The molecule has 1 N–H and O–H groups in total. The van der Waals surface area contributed by atoms with Gasteiger partial charge in [-0.2, -0.15) is 0 Å². The summed E-state index contributed by atoms with van der Waals surface area (Å²) < 4.78 is 40.7. The van der Waals surface area contributed by atoms with Crippen molar-refractivity contribution in [1.29, 1.82) is 0 Å². The molecule has 0 radical (unpaired) electrons. The van der Waals surface area contributed by atoms with Crippen LogP contribution < -0.4 is 10.1 Å². The maximum Gasteiger partial charge on any atom is 0.573 e. The Kier molecular flexibility index (Phi) is 5.28. The standard InChI is InChI=1S/C15H19F3N2O2/c1-2-8-20(12-6-7-19-10-12)14(21)11-4-3-5-13(9-11)22-15(16,17)18/h3-5,9,12,19H,2,6-8,10H2,1H3. The highest BCUT2D eigenvalue weighted by molar-refractivity contribution is 5.94. The Morgan fingerprint density at radius 3 is 2.82 bits per heavy atom. The first kappa shape index (κ1) is 16.6. The van der Waals surface area contributed by atoms with E-state index in [1.807, 2.05) is 6.92 Å². The van der Waals surface area contributed by atoms with Gasteiger partial charge in [-0.15, -0.1) is 13.2 Å². The molecule has 1 amide bonds. The van der Waals surface area contributed by atoms with Crippen molar-refractivity contribution >= 4 is 5.91 Å². The molecule has 1 heterocycles. The predicted molar refractivity (Wildman–Crippen MR) is 75.7 cm³/mol. The van der Waals surface area contributed by atoms with Crippen molar-refractivity contribution in [3.63, 3.8) is 0 Å². The molecule has 22 heavy (non-hydrogen) atoms. The van der Waals surface area contributed by atoms with E-state index in [1.54, 1.807) is 4.90 Å². The molecule has 0 aromatic heterocycles. The van der Waals surface area contributed by atoms with Gasteiger partial charge in [0.2, 0.25) is 0 Å². The van der Waals surface area contributed by atoms with E-state index in [0.29, 0.717) is 13.1 Å². The maximum atomic E-state index is 12.6. The number of amides is 1. The van der Waals surface area contributed by atoms with Crippen LogP contribution in [0.3, 0.4) is 0 Å². The normalized spacial score (nSPS) is 18.3. The van der Waals surface area contributed by atoms with Crippen LogP contribution >= 0.6 is 0 Å². The zero-order valence-electron chi connectivity index (χ0n) is 12.3. The second kappa shape index (κ2) is 7.00. The van der Waals surface area contributed by atoms with Gasteiger partial charge in [-0.1, -0.05) is 13.0 Å². The summed E-state index contributed by atoms with van der Waals surface area (Å²) >= 11 is 0. The number of alkyl halides is 3. The van der Waals surface area contributed by atoms with Crippen LogP contribution in [0.5, 0.6) is 5.75 Å². The van der Waals surface area contributed by atoms with Crippen LogP contribution in [0, 0.1) is 0 Å². The Balaban J connectivity index is 2.17. The lowest BCUT2D eigenvalue weighted by Gasteiger charge is -2.28. The fourth-order valence-electron chi connectivity index (χ4n) is 2.59.